The summed E-state index contributed by atoms with van der Waals surface area (Å²) in [5.41, 5.74) is 0. The summed E-state index contributed by atoms with van der Waals surface area (Å²) >= 11 is 0. The Bertz CT molecular complexity index is 674. The molecule has 0 N–H and O–H groups in total. The van der Waals surface area contributed by atoms with Gasteiger partial charge in [0.1, 0.15) is 17.2 Å². The summed E-state index contributed by atoms with van der Waals surface area (Å²) in [6.45, 7) is 4.31. The Kier molecular flexibility index (Phi) is 5.59. The van der Waals surface area contributed by atoms with E-state index in [4.69, 9.17) is 9.47 Å². The van der Waals surface area contributed by atoms with E-state index in [1.54, 1.807) is 0 Å². The molecule has 132 valence electrons. The van der Waals surface area contributed by atoms with Gasteiger partial charge in [0, 0.05) is 12.1 Å². The smallest absolute Gasteiger partial charge is 0.260 e. The normalized spacial score (nSPS) is 20.2. The molecular formula is C21H25NO3. The van der Waals surface area contributed by atoms with Gasteiger partial charge in [-0.1, -0.05) is 18.2 Å². The van der Waals surface area contributed by atoms with Gasteiger partial charge >= 0.3 is 0 Å². The molecule has 1 amide bonds. The number of amides is 1. The third-order valence-electron chi connectivity index (χ3n) is 4.65. The predicted molar refractivity (Wildman–Crippen MR) is 98.1 cm³/mol. The van der Waals surface area contributed by atoms with Crippen LogP contribution in [0.15, 0.2) is 54.6 Å². The third-order valence-corrected chi connectivity index (χ3v) is 4.65. The minimum atomic E-state index is 0.0595. The highest BCUT2D eigenvalue weighted by Crippen LogP contribution is 2.25. The van der Waals surface area contributed by atoms with Crippen molar-refractivity contribution in [1.29, 1.82) is 0 Å². The number of likely N-dealkylation sites (tertiary alicyclic amines) is 1. The van der Waals surface area contributed by atoms with Crippen molar-refractivity contribution in [3.05, 3.63) is 54.6 Å². The number of nitrogens with zero attached hydrogens (tertiary/aromatic N) is 1. The molecule has 1 aliphatic rings. The van der Waals surface area contributed by atoms with Gasteiger partial charge < -0.3 is 14.4 Å². The lowest BCUT2D eigenvalue weighted by Gasteiger charge is -2.38. The number of hydrogen-bond acceptors (Lipinski definition) is 3. The number of para-hydroxylation sites is 1. The van der Waals surface area contributed by atoms with Crippen molar-refractivity contribution in [3.8, 4) is 17.2 Å². The van der Waals surface area contributed by atoms with Crippen LogP contribution in [0.3, 0.4) is 0 Å². The fraction of sp³-hybridized carbons (Fsp3) is 0.381. The molecule has 3 rings (SSSR count). The molecule has 2 aromatic carbocycles. The van der Waals surface area contributed by atoms with Gasteiger partial charge in [-0.15, -0.1) is 0 Å². The van der Waals surface area contributed by atoms with E-state index in [1.165, 1.54) is 6.42 Å². The Balaban J connectivity index is 1.54. The van der Waals surface area contributed by atoms with Crippen LogP contribution in [-0.2, 0) is 4.79 Å². The number of carbonyl (C=O) groups excluding carboxylic acids is 1. The monoisotopic (exact) mass is 339 g/mol. The lowest BCUT2D eigenvalue weighted by molar-refractivity contribution is -0.139. The van der Waals surface area contributed by atoms with Crippen molar-refractivity contribution in [3.63, 3.8) is 0 Å². The molecule has 0 unspecified atom stereocenters. The minimum absolute atomic E-state index is 0.0595. The van der Waals surface area contributed by atoms with Crippen LogP contribution in [0.2, 0.25) is 0 Å². The zero-order valence-corrected chi connectivity index (χ0v) is 14.9. The maximum atomic E-state index is 12.5. The highest BCUT2D eigenvalue weighted by atomic mass is 16.5. The first-order valence-electron chi connectivity index (χ1n) is 8.90. The zero-order chi connectivity index (χ0) is 17.6. The van der Waals surface area contributed by atoms with Gasteiger partial charge in [-0.3, -0.25) is 4.79 Å². The van der Waals surface area contributed by atoms with Crippen LogP contribution in [0, 0.1) is 0 Å². The topological polar surface area (TPSA) is 38.8 Å². The average Bonchev–Trinajstić information content (AvgIpc) is 2.62. The number of rotatable bonds is 5. The van der Waals surface area contributed by atoms with Crippen molar-refractivity contribution in [2.75, 3.05) is 6.61 Å². The van der Waals surface area contributed by atoms with Gasteiger partial charge in [0.05, 0.1) is 0 Å². The molecule has 4 nitrogen and oxygen atoms in total. The SMILES string of the molecule is C[C@@H]1CCC[C@@H](C)N1C(=O)COc1ccc(Oc2ccccc2)cc1. The van der Waals surface area contributed by atoms with Gasteiger partial charge in [-0.25, -0.2) is 0 Å². The first-order chi connectivity index (χ1) is 12.1. The van der Waals surface area contributed by atoms with Crippen LogP contribution in [0.1, 0.15) is 33.1 Å². The van der Waals surface area contributed by atoms with Crippen molar-refractivity contribution < 1.29 is 14.3 Å². The molecule has 0 saturated carbocycles. The summed E-state index contributed by atoms with van der Waals surface area (Å²) < 4.78 is 11.4. The molecule has 2 atom stereocenters. The molecule has 1 saturated heterocycles. The molecular weight excluding hydrogens is 314 g/mol. The Hall–Kier alpha value is -2.49. The van der Waals surface area contributed by atoms with E-state index in [0.717, 1.165) is 24.3 Å². The summed E-state index contributed by atoms with van der Waals surface area (Å²) in [4.78, 5) is 14.4. The molecule has 1 fully saturated rings. The van der Waals surface area contributed by atoms with Crippen molar-refractivity contribution in [1.82, 2.24) is 4.90 Å². The number of ether oxygens (including phenoxy) is 2. The molecule has 0 radical (unpaired) electrons. The summed E-state index contributed by atoms with van der Waals surface area (Å²) in [7, 11) is 0. The van der Waals surface area contributed by atoms with E-state index in [-0.39, 0.29) is 12.5 Å². The number of carbonyl (C=O) groups is 1. The first-order valence-corrected chi connectivity index (χ1v) is 8.90. The Labute approximate surface area is 149 Å². The van der Waals surface area contributed by atoms with Gasteiger partial charge in [-0.2, -0.15) is 0 Å². The second kappa shape index (κ2) is 8.06. The third kappa shape index (κ3) is 4.53. The van der Waals surface area contributed by atoms with E-state index in [2.05, 4.69) is 13.8 Å². The standard InChI is InChI=1S/C21H25NO3/c1-16-7-6-8-17(2)22(16)21(23)15-24-18-11-13-20(14-12-18)25-19-9-4-3-5-10-19/h3-5,9-14,16-17H,6-8,15H2,1-2H3/t16-,17-/m1/s1. The summed E-state index contributed by atoms with van der Waals surface area (Å²) in [6, 6.07) is 17.6. The molecule has 2 aromatic rings. The molecule has 0 aromatic heterocycles. The van der Waals surface area contributed by atoms with E-state index >= 15 is 0 Å². The van der Waals surface area contributed by atoms with Crippen LogP contribution >= 0.6 is 0 Å². The molecule has 0 bridgehead atoms. The van der Waals surface area contributed by atoms with Crippen molar-refractivity contribution in [2.24, 2.45) is 0 Å². The van der Waals surface area contributed by atoms with Gasteiger partial charge in [0.25, 0.3) is 5.91 Å². The second-order valence-electron chi connectivity index (χ2n) is 6.61. The highest BCUT2D eigenvalue weighted by Gasteiger charge is 2.28. The maximum Gasteiger partial charge on any atom is 0.260 e. The van der Waals surface area contributed by atoms with E-state index < -0.39 is 0 Å². The fourth-order valence-electron chi connectivity index (χ4n) is 3.36. The second-order valence-corrected chi connectivity index (χ2v) is 6.61. The van der Waals surface area contributed by atoms with Crippen LogP contribution in [0.4, 0.5) is 0 Å². The molecule has 0 spiro atoms. The number of benzene rings is 2. The maximum absolute atomic E-state index is 12.5. The predicted octanol–water partition coefficient (Wildman–Crippen LogP) is 4.65. The Morgan fingerprint density at radius 1 is 0.920 bits per heavy atom. The number of hydrogen-bond donors (Lipinski definition) is 0. The molecule has 1 heterocycles. The Morgan fingerprint density at radius 2 is 1.48 bits per heavy atom. The summed E-state index contributed by atoms with van der Waals surface area (Å²) in [5, 5.41) is 0. The summed E-state index contributed by atoms with van der Waals surface area (Å²) in [5.74, 6) is 2.26. The Morgan fingerprint density at radius 3 is 2.12 bits per heavy atom. The molecule has 25 heavy (non-hydrogen) atoms. The van der Waals surface area contributed by atoms with Crippen LogP contribution < -0.4 is 9.47 Å². The van der Waals surface area contributed by atoms with Gasteiger partial charge in [-0.05, 0) is 69.5 Å². The summed E-state index contributed by atoms with van der Waals surface area (Å²) in [6.07, 6.45) is 3.33. The zero-order valence-electron chi connectivity index (χ0n) is 14.9. The quantitative estimate of drug-likeness (QED) is 0.796. The average molecular weight is 339 g/mol. The van der Waals surface area contributed by atoms with E-state index in [1.807, 2.05) is 59.5 Å². The van der Waals surface area contributed by atoms with E-state index in [0.29, 0.717) is 17.8 Å². The fourth-order valence-corrected chi connectivity index (χ4v) is 3.36. The molecule has 1 aliphatic heterocycles. The van der Waals surface area contributed by atoms with Crippen LogP contribution in [-0.4, -0.2) is 29.5 Å². The van der Waals surface area contributed by atoms with Crippen LogP contribution in [0.25, 0.3) is 0 Å². The molecule has 4 heteroatoms. The van der Waals surface area contributed by atoms with E-state index in [9.17, 15) is 4.79 Å². The van der Waals surface area contributed by atoms with Crippen LogP contribution in [0.5, 0.6) is 17.2 Å². The highest BCUT2D eigenvalue weighted by molar-refractivity contribution is 5.78. The lowest BCUT2D eigenvalue weighted by atomic mass is 9.97. The number of piperidine rings is 1. The van der Waals surface area contributed by atoms with Crippen molar-refractivity contribution in [2.45, 2.75) is 45.2 Å². The largest absolute Gasteiger partial charge is 0.484 e. The molecule has 0 aliphatic carbocycles. The van der Waals surface area contributed by atoms with Gasteiger partial charge in [0.15, 0.2) is 6.61 Å². The lowest BCUT2D eigenvalue weighted by Crippen LogP contribution is -2.49. The van der Waals surface area contributed by atoms with Gasteiger partial charge in [0.2, 0.25) is 0 Å². The van der Waals surface area contributed by atoms with Crippen molar-refractivity contribution >= 4 is 5.91 Å². The first kappa shape index (κ1) is 17.3. The minimum Gasteiger partial charge on any atom is -0.484 e.